The predicted molar refractivity (Wildman–Crippen MR) is 100 cm³/mol. The number of aromatic nitrogens is 2. The molecular formula is C18H22ClN3S. The van der Waals surface area contributed by atoms with Gasteiger partial charge in [-0.25, -0.2) is 4.98 Å². The van der Waals surface area contributed by atoms with E-state index in [2.05, 4.69) is 46.9 Å². The highest BCUT2D eigenvalue weighted by atomic mass is 35.5. The van der Waals surface area contributed by atoms with E-state index in [0.717, 1.165) is 54.5 Å². The van der Waals surface area contributed by atoms with Crippen LogP contribution < -0.4 is 0 Å². The highest BCUT2D eigenvalue weighted by molar-refractivity contribution is 7.13. The van der Waals surface area contributed by atoms with Crippen LogP contribution in [0.1, 0.15) is 20.3 Å². The Morgan fingerprint density at radius 1 is 1.22 bits per heavy atom. The zero-order chi connectivity index (χ0) is 16.2. The van der Waals surface area contributed by atoms with E-state index in [0.29, 0.717) is 0 Å². The van der Waals surface area contributed by atoms with Gasteiger partial charge < -0.3 is 9.47 Å². The van der Waals surface area contributed by atoms with Gasteiger partial charge >= 0.3 is 0 Å². The molecule has 0 saturated carbocycles. The first-order valence-electron chi connectivity index (χ1n) is 8.15. The van der Waals surface area contributed by atoms with E-state index in [-0.39, 0.29) is 0 Å². The molecule has 23 heavy (non-hydrogen) atoms. The molecule has 0 radical (unpaired) electrons. The summed E-state index contributed by atoms with van der Waals surface area (Å²) in [5, 5.41) is 2.84. The van der Waals surface area contributed by atoms with Crippen LogP contribution in [0.3, 0.4) is 0 Å². The minimum atomic E-state index is 0.739. The third-order valence-corrected chi connectivity index (χ3v) is 5.30. The minimum absolute atomic E-state index is 0.739. The molecule has 0 spiro atoms. The molecule has 2 heterocycles. The van der Waals surface area contributed by atoms with E-state index < -0.39 is 0 Å². The number of rotatable bonds is 7. The number of thiophene rings is 1. The standard InChI is InChI=1S/C18H22ClN3S/c1-3-21(4-2)10-6-11-22-16-9-8-14(19)13-15(16)20-18(22)17-7-5-12-23-17/h5,7-9,12-13H,3-4,6,10-11H2,1-2H3. The second-order valence-electron chi connectivity index (χ2n) is 5.58. The molecule has 0 aliphatic carbocycles. The van der Waals surface area contributed by atoms with Gasteiger partial charge in [0.05, 0.1) is 15.9 Å². The van der Waals surface area contributed by atoms with Crippen molar-refractivity contribution in [3.05, 3.63) is 40.7 Å². The molecule has 5 heteroatoms. The molecule has 0 aliphatic rings. The van der Waals surface area contributed by atoms with Gasteiger partial charge in [0, 0.05) is 11.6 Å². The number of benzene rings is 1. The molecule has 122 valence electrons. The van der Waals surface area contributed by atoms with Crippen LogP contribution in [0.4, 0.5) is 0 Å². The monoisotopic (exact) mass is 347 g/mol. The largest absolute Gasteiger partial charge is 0.323 e. The first-order valence-corrected chi connectivity index (χ1v) is 9.40. The highest BCUT2D eigenvalue weighted by Crippen LogP contribution is 2.29. The molecule has 2 aromatic heterocycles. The number of aryl methyl sites for hydroxylation is 1. The molecule has 3 rings (SSSR count). The van der Waals surface area contributed by atoms with Crippen molar-refractivity contribution < 1.29 is 0 Å². The minimum Gasteiger partial charge on any atom is -0.323 e. The Morgan fingerprint density at radius 3 is 2.74 bits per heavy atom. The number of hydrogen-bond donors (Lipinski definition) is 0. The van der Waals surface area contributed by atoms with Gasteiger partial charge in [0.1, 0.15) is 0 Å². The summed E-state index contributed by atoms with van der Waals surface area (Å²) in [6.07, 6.45) is 1.12. The van der Waals surface area contributed by atoms with Gasteiger partial charge in [0.2, 0.25) is 0 Å². The van der Waals surface area contributed by atoms with Crippen LogP contribution in [0.5, 0.6) is 0 Å². The Bertz CT molecular complexity index is 760. The number of halogens is 1. The summed E-state index contributed by atoms with van der Waals surface area (Å²) in [7, 11) is 0. The van der Waals surface area contributed by atoms with Crippen LogP contribution in [0.25, 0.3) is 21.7 Å². The van der Waals surface area contributed by atoms with Gasteiger partial charge in [-0.1, -0.05) is 31.5 Å². The van der Waals surface area contributed by atoms with Gasteiger partial charge in [0.15, 0.2) is 5.82 Å². The maximum atomic E-state index is 6.14. The van der Waals surface area contributed by atoms with Crippen molar-refractivity contribution in [3.8, 4) is 10.7 Å². The van der Waals surface area contributed by atoms with Gasteiger partial charge in [-0.05, 0) is 55.7 Å². The fourth-order valence-electron chi connectivity index (χ4n) is 2.92. The molecule has 0 bridgehead atoms. The molecule has 0 atom stereocenters. The van der Waals surface area contributed by atoms with E-state index in [1.165, 1.54) is 4.88 Å². The summed E-state index contributed by atoms with van der Waals surface area (Å²) in [4.78, 5) is 8.50. The van der Waals surface area contributed by atoms with Crippen LogP contribution in [0, 0.1) is 0 Å². The Hall–Kier alpha value is -1.36. The SMILES string of the molecule is CCN(CC)CCCn1c(-c2cccs2)nc2cc(Cl)ccc21. The van der Waals surface area contributed by atoms with Crippen molar-refractivity contribution in [1.82, 2.24) is 14.5 Å². The van der Waals surface area contributed by atoms with Crippen molar-refractivity contribution >= 4 is 34.0 Å². The van der Waals surface area contributed by atoms with Crippen molar-refractivity contribution in [2.45, 2.75) is 26.8 Å². The molecule has 0 aliphatic heterocycles. The fraction of sp³-hybridized carbons (Fsp3) is 0.389. The average molecular weight is 348 g/mol. The number of nitrogens with zero attached hydrogens (tertiary/aromatic N) is 3. The molecule has 0 N–H and O–H groups in total. The van der Waals surface area contributed by atoms with Crippen molar-refractivity contribution in [2.24, 2.45) is 0 Å². The van der Waals surface area contributed by atoms with Crippen LogP contribution in [-0.4, -0.2) is 34.1 Å². The Balaban J connectivity index is 1.91. The van der Waals surface area contributed by atoms with Crippen LogP contribution >= 0.6 is 22.9 Å². The summed E-state index contributed by atoms with van der Waals surface area (Å²) in [5.41, 5.74) is 2.14. The van der Waals surface area contributed by atoms with Gasteiger partial charge in [0.25, 0.3) is 0 Å². The van der Waals surface area contributed by atoms with Gasteiger partial charge in [-0.3, -0.25) is 0 Å². The molecule has 3 nitrogen and oxygen atoms in total. The lowest BCUT2D eigenvalue weighted by molar-refractivity contribution is 0.294. The van der Waals surface area contributed by atoms with Crippen molar-refractivity contribution in [2.75, 3.05) is 19.6 Å². The zero-order valence-electron chi connectivity index (χ0n) is 13.6. The Labute approximate surface area is 146 Å². The number of imidazole rings is 1. The maximum absolute atomic E-state index is 6.14. The lowest BCUT2D eigenvalue weighted by atomic mass is 10.3. The van der Waals surface area contributed by atoms with E-state index in [1.807, 2.05) is 12.1 Å². The highest BCUT2D eigenvalue weighted by Gasteiger charge is 2.13. The summed E-state index contributed by atoms with van der Waals surface area (Å²) >= 11 is 7.87. The van der Waals surface area contributed by atoms with E-state index in [9.17, 15) is 0 Å². The lowest BCUT2D eigenvalue weighted by Crippen LogP contribution is -2.24. The Kier molecular flexibility index (Phi) is 5.36. The third kappa shape index (κ3) is 3.60. The number of hydrogen-bond acceptors (Lipinski definition) is 3. The zero-order valence-corrected chi connectivity index (χ0v) is 15.2. The summed E-state index contributed by atoms with van der Waals surface area (Å²) in [5.74, 6) is 1.05. The summed E-state index contributed by atoms with van der Waals surface area (Å²) in [6, 6.07) is 10.2. The predicted octanol–water partition coefficient (Wildman–Crippen LogP) is 5.15. The smallest absolute Gasteiger partial charge is 0.151 e. The first-order chi connectivity index (χ1) is 11.2. The van der Waals surface area contributed by atoms with E-state index in [1.54, 1.807) is 11.3 Å². The lowest BCUT2D eigenvalue weighted by Gasteiger charge is -2.18. The third-order valence-electron chi connectivity index (χ3n) is 4.20. The quantitative estimate of drug-likeness (QED) is 0.589. The van der Waals surface area contributed by atoms with Gasteiger partial charge in [-0.2, -0.15) is 0 Å². The molecule has 3 aromatic rings. The molecular weight excluding hydrogens is 326 g/mol. The van der Waals surface area contributed by atoms with E-state index in [4.69, 9.17) is 16.6 Å². The number of fused-ring (bicyclic) bond motifs is 1. The van der Waals surface area contributed by atoms with Gasteiger partial charge in [-0.15, -0.1) is 11.3 Å². The average Bonchev–Trinajstić information content (AvgIpc) is 3.19. The summed E-state index contributed by atoms with van der Waals surface area (Å²) < 4.78 is 2.33. The fourth-order valence-corrected chi connectivity index (χ4v) is 3.80. The molecule has 0 fully saturated rings. The van der Waals surface area contributed by atoms with E-state index >= 15 is 0 Å². The topological polar surface area (TPSA) is 21.1 Å². The van der Waals surface area contributed by atoms with Crippen LogP contribution in [0.2, 0.25) is 5.02 Å². The normalized spacial score (nSPS) is 11.7. The molecule has 0 amide bonds. The summed E-state index contributed by atoms with van der Waals surface area (Å²) in [6.45, 7) is 8.74. The first kappa shape index (κ1) is 16.5. The molecule has 1 aromatic carbocycles. The molecule has 0 saturated heterocycles. The van der Waals surface area contributed by atoms with Crippen LogP contribution in [0.15, 0.2) is 35.7 Å². The Morgan fingerprint density at radius 2 is 2.04 bits per heavy atom. The molecule has 0 unspecified atom stereocenters. The maximum Gasteiger partial charge on any atom is 0.151 e. The van der Waals surface area contributed by atoms with Crippen LogP contribution in [-0.2, 0) is 6.54 Å². The van der Waals surface area contributed by atoms with Crippen molar-refractivity contribution in [3.63, 3.8) is 0 Å². The van der Waals surface area contributed by atoms with Crippen molar-refractivity contribution in [1.29, 1.82) is 0 Å². The second kappa shape index (κ2) is 7.47. The second-order valence-corrected chi connectivity index (χ2v) is 6.96.